The van der Waals surface area contributed by atoms with Gasteiger partial charge in [0.2, 0.25) is 0 Å². The molecule has 1 aliphatic heterocycles. The third-order valence-electron chi connectivity index (χ3n) is 3.64. The third kappa shape index (κ3) is 3.26. The lowest BCUT2D eigenvalue weighted by molar-refractivity contribution is 0.0512. The van der Waals surface area contributed by atoms with E-state index in [9.17, 15) is 15.0 Å². The number of hydrogen-bond acceptors (Lipinski definition) is 3. The molecule has 2 rings (SSSR count). The summed E-state index contributed by atoms with van der Waals surface area (Å²) in [6, 6.07) is 6.70. The molecule has 0 aliphatic carbocycles. The Hall–Kier alpha value is -1.55. The first kappa shape index (κ1) is 13.9. The van der Waals surface area contributed by atoms with Gasteiger partial charge in [-0.3, -0.25) is 4.79 Å². The van der Waals surface area contributed by atoms with Gasteiger partial charge < -0.3 is 15.1 Å². The molecule has 4 nitrogen and oxygen atoms in total. The van der Waals surface area contributed by atoms with Gasteiger partial charge in [0.25, 0.3) is 5.91 Å². The van der Waals surface area contributed by atoms with Crippen LogP contribution in [-0.4, -0.2) is 39.7 Å². The predicted molar refractivity (Wildman–Crippen MR) is 73.1 cm³/mol. The number of rotatable bonds is 3. The average molecular weight is 263 g/mol. The molecule has 4 heteroatoms. The largest absolute Gasteiger partial charge is 0.507 e. The number of carbonyl (C=O) groups is 1. The van der Waals surface area contributed by atoms with Crippen molar-refractivity contribution in [1.82, 2.24) is 4.90 Å². The van der Waals surface area contributed by atoms with E-state index in [4.69, 9.17) is 0 Å². The van der Waals surface area contributed by atoms with E-state index in [0.29, 0.717) is 18.5 Å². The maximum atomic E-state index is 12.5. The average Bonchev–Trinajstić information content (AvgIpc) is 2.38. The summed E-state index contributed by atoms with van der Waals surface area (Å²) in [7, 11) is 0. The maximum absolute atomic E-state index is 12.5. The van der Waals surface area contributed by atoms with Gasteiger partial charge in [0, 0.05) is 12.6 Å². The fourth-order valence-corrected chi connectivity index (χ4v) is 2.72. The van der Waals surface area contributed by atoms with Gasteiger partial charge in [-0.25, -0.2) is 0 Å². The minimum absolute atomic E-state index is 0.0221. The van der Waals surface area contributed by atoms with Crippen molar-refractivity contribution in [2.45, 2.75) is 44.8 Å². The molecule has 104 valence electrons. The molecule has 2 atom stereocenters. The minimum Gasteiger partial charge on any atom is -0.507 e. The van der Waals surface area contributed by atoms with Crippen LogP contribution in [0.5, 0.6) is 5.75 Å². The summed E-state index contributed by atoms with van der Waals surface area (Å²) in [4.78, 5) is 14.3. The summed E-state index contributed by atoms with van der Waals surface area (Å²) in [6.07, 6.45) is 3.17. The van der Waals surface area contributed by atoms with Crippen molar-refractivity contribution < 1.29 is 15.0 Å². The van der Waals surface area contributed by atoms with E-state index in [1.165, 1.54) is 6.07 Å². The smallest absolute Gasteiger partial charge is 0.257 e. The molecule has 1 saturated heterocycles. The van der Waals surface area contributed by atoms with Crippen LogP contribution in [0.3, 0.4) is 0 Å². The van der Waals surface area contributed by atoms with Gasteiger partial charge in [-0.1, -0.05) is 12.1 Å². The highest BCUT2D eigenvalue weighted by molar-refractivity contribution is 5.97. The summed E-state index contributed by atoms with van der Waals surface area (Å²) in [5, 5.41) is 19.3. The number of aliphatic hydroxyl groups excluding tert-OH is 1. The number of para-hydroxylation sites is 1. The lowest BCUT2D eigenvalue weighted by atomic mass is 9.96. The van der Waals surface area contributed by atoms with E-state index in [-0.39, 0.29) is 17.7 Å². The van der Waals surface area contributed by atoms with Crippen LogP contribution in [0.1, 0.15) is 43.0 Å². The van der Waals surface area contributed by atoms with Crippen molar-refractivity contribution in [3.05, 3.63) is 29.8 Å². The molecule has 1 aromatic rings. The van der Waals surface area contributed by atoms with Gasteiger partial charge in [-0.15, -0.1) is 0 Å². The normalized spacial score (nSPS) is 21.2. The summed E-state index contributed by atoms with van der Waals surface area (Å²) < 4.78 is 0. The predicted octanol–water partition coefficient (Wildman–Crippen LogP) is 2.16. The van der Waals surface area contributed by atoms with Crippen molar-refractivity contribution in [3.8, 4) is 5.75 Å². The molecule has 0 radical (unpaired) electrons. The zero-order chi connectivity index (χ0) is 13.8. The molecule has 1 aromatic carbocycles. The van der Waals surface area contributed by atoms with Crippen molar-refractivity contribution in [2.24, 2.45) is 0 Å². The Morgan fingerprint density at radius 1 is 1.42 bits per heavy atom. The number of hydrogen-bond donors (Lipinski definition) is 2. The Labute approximate surface area is 113 Å². The van der Waals surface area contributed by atoms with Gasteiger partial charge in [-0.05, 0) is 44.7 Å². The summed E-state index contributed by atoms with van der Waals surface area (Å²) in [6.45, 7) is 2.45. The highest BCUT2D eigenvalue weighted by Crippen LogP contribution is 2.25. The second-order valence-electron chi connectivity index (χ2n) is 5.25. The van der Waals surface area contributed by atoms with Crippen molar-refractivity contribution >= 4 is 5.91 Å². The monoisotopic (exact) mass is 263 g/mol. The SMILES string of the molecule is CC(O)CC1CCCCN1C(=O)c1ccccc1O. The number of amides is 1. The van der Waals surface area contributed by atoms with Gasteiger partial charge in [0.1, 0.15) is 5.75 Å². The first-order chi connectivity index (χ1) is 9.09. The topological polar surface area (TPSA) is 60.8 Å². The molecular weight excluding hydrogens is 242 g/mol. The van der Waals surface area contributed by atoms with E-state index in [0.717, 1.165) is 19.3 Å². The molecule has 2 unspecified atom stereocenters. The number of aromatic hydroxyl groups is 1. The van der Waals surface area contributed by atoms with Crippen LogP contribution in [0.15, 0.2) is 24.3 Å². The number of phenols is 1. The van der Waals surface area contributed by atoms with Crippen LogP contribution < -0.4 is 0 Å². The lowest BCUT2D eigenvalue weighted by Gasteiger charge is -2.36. The maximum Gasteiger partial charge on any atom is 0.257 e. The van der Waals surface area contributed by atoms with Crippen molar-refractivity contribution in [1.29, 1.82) is 0 Å². The summed E-state index contributed by atoms with van der Waals surface area (Å²) in [5.74, 6) is -0.114. The fourth-order valence-electron chi connectivity index (χ4n) is 2.72. The van der Waals surface area contributed by atoms with Gasteiger partial charge in [0.05, 0.1) is 11.7 Å². The number of phenolic OH excluding ortho intramolecular Hbond substituents is 1. The number of aliphatic hydroxyl groups is 1. The third-order valence-corrected chi connectivity index (χ3v) is 3.64. The van der Waals surface area contributed by atoms with E-state index in [2.05, 4.69) is 0 Å². The van der Waals surface area contributed by atoms with Crippen LogP contribution in [0.25, 0.3) is 0 Å². The Kier molecular flexibility index (Phi) is 4.43. The second kappa shape index (κ2) is 6.06. The fraction of sp³-hybridized carbons (Fsp3) is 0.533. The van der Waals surface area contributed by atoms with E-state index < -0.39 is 6.10 Å². The van der Waals surface area contributed by atoms with Crippen LogP contribution in [-0.2, 0) is 0 Å². The van der Waals surface area contributed by atoms with Crippen molar-refractivity contribution in [2.75, 3.05) is 6.54 Å². The second-order valence-corrected chi connectivity index (χ2v) is 5.25. The Balaban J connectivity index is 2.18. The van der Waals surface area contributed by atoms with Gasteiger partial charge in [-0.2, -0.15) is 0 Å². The number of benzene rings is 1. The van der Waals surface area contributed by atoms with Gasteiger partial charge >= 0.3 is 0 Å². The van der Waals surface area contributed by atoms with E-state index >= 15 is 0 Å². The molecule has 1 amide bonds. The molecule has 0 bridgehead atoms. The Bertz CT molecular complexity index is 445. The van der Waals surface area contributed by atoms with E-state index in [1.807, 2.05) is 0 Å². The highest BCUT2D eigenvalue weighted by atomic mass is 16.3. The highest BCUT2D eigenvalue weighted by Gasteiger charge is 2.29. The summed E-state index contributed by atoms with van der Waals surface area (Å²) in [5.41, 5.74) is 0.347. The van der Waals surface area contributed by atoms with Crippen LogP contribution in [0, 0.1) is 0 Å². The van der Waals surface area contributed by atoms with Crippen LogP contribution >= 0.6 is 0 Å². The molecule has 1 heterocycles. The number of nitrogens with zero attached hydrogens (tertiary/aromatic N) is 1. The Morgan fingerprint density at radius 2 is 2.16 bits per heavy atom. The van der Waals surface area contributed by atoms with Crippen LogP contribution in [0.2, 0.25) is 0 Å². The molecule has 2 N–H and O–H groups in total. The molecule has 0 saturated carbocycles. The zero-order valence-corrected chi connectivity index (χ0v) is 11.2. The molecule has 0 aromatic heterocycles. The zero-order valence-electron chi connectivity index (χ0n) is 11.2. The molecule has 19 heavy (non-hydrogen) atoms. The molecule has 1 fully saturated rings. The van der Waals surface area contributed by atoms with E-state index in [1.54, 1.807) is 30.0 Å². The number of likely N-dealkylation sites (tertiary alicyclic amines) is 1. The standard InChI is InChI=1S/C15H21NO3/c1-11(17)10-12-6-4-5-9-16(12)15(19)13-7-2-3-8-14(13)18/h2-3,7-8,11-12,17-18H,4-6,9-10H2,1H3. The van der Waals surface area contributed by atoms with Crippen LogP contribution in [0.4, 0.5) is 0 Å². The first-order valence-corrected chi connectivity index (χ1v) is 6.86. The lowest BCUT2D eigenvalue weighted by Crippen LogP contribution is -2.45. The van der Waals surface area contributed by atoms with Gasteiger partial charge in [0.15, 0.2) is 0 Å². The molecular formula is C15H21NO3. The summed E-state index contributed by atoms with van der Waals surface area (Å²) >= 11 is 0. The van der Waals surface area contributed by atoms with Crippen molar-refractivity contribution in [3.63, 3.8) is 0 Å². The first-order valence-electron chi connectivity index (χ1n) is 6.86. The number of piperidine rings is 1. The molecule has 1 aliphatic rings. The molecule has 0 spiro atoms. The quantitative estimate of drug-likeness (QED) is 0.878. The number of carbonyl (C=O) groups excluding carboxylic acids is 1. The Morgan fingerprint density at radius 3 is 2.84 bits per heavy atom. The minimum atomic E-state index is -0.414.